The number of thiazole rings is 1. The molecule has 112 valence electrons. The van der Waals surface area contributed by atoms with Crippen molar-refractivity contribution in [3.05, 3.63) is 29.3 Å². The van der Waals surface area contributed by atoms with Crippen LogP contribution in [0.25, 0.3) is 0 Å². The number of nitrogens with two attached hydrogens (primary N) is 1. The van der Waals surface area contributed by atoms with E-state index in [-0.39, 0.29) is 12.4 Å². The monoisotopic (exact) mass is 324 g/mol. The summed E-state index contributed by atoms with van der Waals surface area (Å²) in [6.07, 6.45) is 1.87. The molecule has 0 aliphatic carbocycles. The largest absolute Gasteiger partial charge is 0.489 e. The number of para-hydroxylation sites is 1. The summed E-state index contributed by atoms with van der Waals surface area (Å²) in [7, 11) is 0. The molecule has 3 heterocycles. The van der Waals surface area contributed by atoms with E-state index in [2.05, 4.69) is 33.0 Å². The van der Waals surface area contributed by atoms with Crippen molar-refractivity contribution < 1.29 is 4.74 Å². The highest BCUT2D eigenvalue weighted by molar-refractivity contribution is 7.15. The molecule has 0 atom stereocenters. The molecule has 2 N–H and O–H groups in total. The fourth-order valence-corrected chi connectivity index (χ4v) is 3.61. The Balaban J connectivity index is 0.00000132. The molecular formula is C14H17ClN4OS. The standard InChI is InChI=1S/C14H16N4OS.ClH/c15-14-16-8-10(20-14)9-18-5-4-17-6-7-19-12-3-1-2-11(18)13(12)17;/h1-3,8H,4-7,9H2,(H2,15,16);1H. The van der Waals surface area contributed by atoms with Gasteiger partial charge in [0.25, 0.3) is 0 Å². The number of aromatic nitrogens is 1. The van der Waals surface area contributed by atoms with E-state index in [0.717, 1.165) is 38.5 Å². The van der Waals surface area contributed by atoms with Gasteiger partial charge in [-0.1, -0.05) is 6.07 Å². The lowest BCUT2D eigenvalue weighted by molar-refractivity contribution is 0.306. The number of benzene rings is 1. The van der Waals surface area contributed by atoms with Crippen LogP contribution in [0.15, 0.2) is 24.4 Å². The molecule has 2 aliphatic heterocycles. The number of ether oxygens (including phenoxy) is 1. The van der Waals surface area contributed by atoms with Crippen molar-refractivity contribution in [1.82, 2.24) is 4.98 Å². The Morgan fingerprint density at radius 3 is 3.00 bits per heavy atom. The van der Waals surface area contributed by atoms with E-state index in [4.69, 9.17) is 10.5 Å². The fraction of sp³-hybridized carbons (Fsp3) is 0.357. The maximum atomic E-state index is 5.77. The molecule has 0 saturated heterocycles. The first kappa shape index (κ1) is 14.3. The number of hydrogen-bond acceptors (Lipinski definition) is 6. The van der Waals surface area contributed by atoms with Crippen molar-refractivity contribution in [2.24, 2.45) is 0 Å². The molecule has 0 radical (unpaired) electrons. The third-order valence-electron chi connectivity index (χ3n) is 3.81. The maximum absolute atomic E-state index is 5.77. The molecule has 7 heteroatoms. The van der Waals surface area contributed by atoms with Gasteiger partial charge in [-0.15, -0.1) is 23.7 Å². The SMILES string of the molecule is Cl.Nc1ncc(CN2CCN3CCOc4cccc2c43)s1. The zero-order valence-electron chi connectivity index (χ0n) is 11.5. The van der Waals surface area contributed by atoms with Gasteiger partial charge in [0, 0.05) is 24.2 Å². The average Bonchev–Trinajstić information content (AvgIpc) is 2.88. The summed E-state index contributed by atoms with van der Waals surface area (Å²) in [5, 5.41) is 0.636. The van der Waals surface area contributed by atoms with Gasteiger partial charge in [-0.25, -0.2) is 4.98 Å². The summed E-state index contributed by atoms with van der Waals surface area (Å²) in [5.41, 5.74) is 8.20. The summed E-state index contributed by atoms with van der Waals surface area (Å²) in [4.78, 5) is 10.1. The summed E-state index contributed by atoms with van der Waals surface area (Å²) in [6.45, 7) is 4.68. The first-order chi connectivity index (χ1) is 9.81. The molecule has 2 aliphatic rings. The van der Waals surface area contributed by atoms with Crippen LogP contribution in [0, 0.1) is 0 Å². The van der Waals surface area contributed by atoms with Crippen LogP contribution in [0.4, 0.5) is 16.5 Å². The minimum Gasteiger partial charge on any atom is -0.489 e. The second kappa shape index (κ2) is 5.61. The summed E-state index contributed by atoms with van der Waals surface area (Å²) in [5.74, 6) is 1.00. The highest BCUT2D eigenvalue weighted by Gasteiger charge is 2.28. The molecule has 5 nitrogen and oxygen atoms in total. The molecule has 1 aromatic heterocycles. The Bertz CT molecular complexity index is 648. The lowest BCUT2D eigenvalue weighted by Crippen LogP contribution is -2.44. The predicted molar refractivity (Wildman–Crippen MR) is 89.0 cm³/mol. The molecule has 0 bridgehead atoms. The van der Waals surface area contributed by atoms with Gasteiger partial charge in [0.15, 0.2) is 5.13 Å². The van der Waals surface area contributed by atoms with Gasteiger partial charge < -0.3 is 20.3 Å². The fourth-order valence-electron chi connectivity index (χ4n) is 2.91. The molecule has 0 fully saturated rings. The van der Waals surface area contributed by atoms with Crippen LogP contribution in [0.2, 0.25) is 0 Å². The Labute approximate surface area is 133 Å². The number of nitrogen functional groups attached to an aromatic ring is 1. The van der Waals surface area contributed by atoms with Crippen molar-refractivity contribution in [2.45, 2.75) is 6.54 Å². The highest BCUT2D eigenvalue weighted by Crippen LogP contribution is 2.43. The van der Waals surface area contributed by atoms with Crippen LogP contribution in [-0.2, 0) is 6.54 Å². The first-order valence-corrected chi connectivity index (χ1v) is 7.59. The smallest absolute Gasteiger partial charge is 0.180 e. The van der Waals surface area contributed by atoms with Crippen molar-refractivity contribution in [2.75, 3.05) is 41.8 Å². The molecule has 2 aromatic rings. The Kier molecular flexibility index (Phi) is 3.82. The lowest BCUT2D eigenvalue weighted by atomic mass is 10.1. The van der Waals surface area contributed by atoms with Gasteiger partial charge in [0.1, 0.15) is 18.0 Å². The quantitative estimate of drug-likeness (QED) is 0.919. The summed E-state index contributed by atoms with van der Waals surface area (Å²) < 4.78 is 5.77. The van der Waals surface area contributed by atoms with E-state index in [1.165, 1.54) is 16.3 Å². The molecule has 0 saturated carbocycles. The van der Waals surface area contributed by atoms with Crippen molar-refractivity contribution >= 4 is 40.3 Å². The molecule has 0 unspecified atom stereocenters. The van der Waals surface area contributed by atoms with Crippen LogP contribution < -0.4 is 20.3 Å². The minimum absolute atomic E-state index is 0. The second-order valence-electron chi connectivity index (χ2n) is 5.05. The molecule has 21 heavy (non-hydrogen) atoms. The highest BCUT2D eigenvalue weighted by atomic mass is 35.5. The number of anilines is 3. The topological polar surface area (TPSA) is 54.6 Å². The van der Waals surface area contributed by atoms with Gasteiger partial charge in [-0.2, -0.15) is 0 Å². The van der Waals surface area contributed by atoms with E-state index in [1.807, 2.05) is 6.20 Å². The number of rotatable bonds is 2. The average molecular weight is 325 g/mol. The Morgan fingerprint density at radius 1 is 1.29 bits per heavy atom. The first-order valence-electron chi connectivity index (χ1n) is 6.77. The molecule has 1 aromatic carbocycles. The number of halogens is 1. The van der Waals surface area contributed by atoms with Crippen LogP contribution in [-0.4, -0.2) is 31.2 Å². The van der Waals surface area contributed by atoms with Gasteiger partial charge >= 0.3 is 0 Å². The lowest BCUT2D eigenvalue weighted by Gasteiger charge is -2.41. The maximum Gasteiger partial charge on any atom is 0.180 e. The normalized spacial score (nSPS) is 16.0. The van der Waals surface area contributed by atoms with Gasteiger partial charge in [0.05, 0.1) is 18.8 Å². The minimum atomic E-state index is 0. The number of nitrogens with zero attached hydrogens (tertiary/aromatic N) is 3. The zero-order valence-corrected chi connectivity index (χ0v) is 13.1. The van der Waals surface area contributed by atoms with Crippen LogP contribution in [0.3, 0.4) is 0 Å². The third-order valence-corrected chi connectivity index (χ3v) is 4.62. The van der Waals surface area contributed by atoms with E-state index >= 15 is 0 Å². The third kappa shape index (κ3) is 2.49. The van der Waals surface area contributed by atoms with Crippen molar-refractivity contribution in [3.8, 4) is 5.75 Å². The molecule has 0 amide bonds. The number of hydrogen-bond donors (Lipinski definition) is 1. The molecular weight excluding hydrogens is 308 g/mol. The van der Waals surface area contributed by atoms with Gasteiger partial charge in [0.2, 0.25) is 0 Å². The Hall–Kier alpha value is -1.66. The Morgan fingerprint density at radius 2 is 2.19 bits per heavy atom. The van der Waals surface area contributed by atoms with E-state index in [0.29, 0.717) is 5.13 Å². The van der Waals surface area contributed by atoms with Crippen molar-refractivity contribution in [3.63, 3.8) is 0 Å². The predicted octanol–water partition coefficient (Wildman–Crippen LogP) is 2.37. The van der Waals surface area contributed by atoms with Crippen LogP contribution in [0.5, 0.6) is 5.75 Å². The van der Waals surface area contributed by atoms with Crippen molar-refractivity contribution in [1.29, 1.82) is 0 Å². The summed E-state index contributed by atoms with van der Waals surface area (Å²) >= 11 is 1.56. The second-order valence-corrected chi connectivity index (χ2v) is 6.19. The van der Waals surface area contributed by atoms with Gasteiger partial charge in [-0.3, -0.25) is 0 Å². The zero-order chi connectivity index (χ0) is 13.5. The van der Waals surface area contributed by atoms with Crippen LogP contribution >= 0.6 is 23.7 Å². The van der Waals surface area contributed by atoms with E-state index in [1.54, 1.807) is 11.3 Å². The van der Waals surface area contributed by atoms with E-state index < -0.39 is 0 Å². The molecule has 4 rings (SSSR count). The van der Waals surface area contributed by atoms with Gasteiger partial charge in [-0.05, 0) is 12.1 Å². The van der Waals surface area contributed by atoms with E-state index in [9.17, 15) is 0 Å². The molecule has 0 spiro atoms. The van der Waals surface area contributed by atoms with Crippen LogP contribution in [0.1, 0.15) is 4.88 Å². The summed E-state index contributed by atoms with van der Waals surface area (Å²) in [6, 6.07) is 6.29.